The van der Waals surface area contributed by atoms with Crippen molar-refractivity contribution in [3.63, 3.8) is 0 Å². The lowest BCUT2D eigenvalue weighted by Crippen LogP contribution is -2.56. The predicted octanol–water partition coefficient (Wildman–Crippen LogP) is 0.532. The molecule has 0 aromatic heterocycles. The van der Waals surface area contributed by atoms with Gasteiger partial charge < -0.3 is 10.0 Å². The number of aliphatic hydroxyl groups is 1. The van der Waals surface area contributed by atoms with E-state index in [-0.39, 0.29) is 19.4 Å². The SMILES string of the molecule is O=CN1CCCC(O)(C(F)(F)F)C1. The summed E-state index contributed by atoms with van der Waals surface area (Å²) in [5.74, 6) is 0. The van der Waals surface area contributed by atoms with Gasteiger partial charge in [0.15, 0.2) is 5.60 Å². The van der Waals surface area contributed by atoms with E-state index in [1.54, 1.807) is 0 Å². The number of piperidine rings is 1. The van der Waals surface area contributed by atoms with Crippen molar-refractivity contribution in [2.75, 3.05) is 13.1 Å². The molecule has 0 saturated carbocycles. The highest BCUT2D eigenvalue weighted by Gasteiger charge is 2.55. The first-order chi connectivity index (χ1) is 5.89. The van der Waals surface area contributed by atoms with E-state index >= 15 is 0 Å². The zero-order valence-electron chi connectivity index (χ0n) is 6.84. The summed E-state index contributed by atoms with van der Waals surface area (Å²) in [7, 11) is 0. The second kappa shape index (κ2) is 3.17. The first-order valence-electron chi connectivity index (χ1n) is 3.87. The molecular formula is C7H10F3NO2. The number of β-amino-alcohol motifs (C(OH)–C–C–N with tert-alkyl or cyclic N) is 1. The number of nitrogens with zero attached hydrogens (tertiary/aromatic N) is 1. The van der Waals surface area contributed by atoms with Gasteiger partial charge in [-0.1, -0.05) is 0 Å². The zero-order valence-corrected chi connectivity index (χ0v) is 6.84. The van der Waals surface area contributed by atoms with Gasteiger partial charge in [0.1, 0.15) is 0 Å². The number of amides is 1. The first kappa shape index (κ1) is 10.3. The summed E-state index contributed by atoms with van der Waals surface area (Å²) in [5, 5.41) is 9.18. The maximum Gasteiger partial charge on any atom is 0.418 e. The van der Waals surface area contributed by atoms with Crippen molar-refractivity contribution in [3.05, 3.63) is 0 Å². The van der Waals surface area contributed by atoms with E-state index in [2.05, 4.69) is 0 Å². The number of rotatable bonds is 1. The van der Waals surface area contributed by atoms with Gasteiger partial charge in [-0.05, 0) is 12.8 Å². The maximum atomic E-state index is 12.2. The number of likely N-dealkylation sites (tertiary alicyclic amines) is 1. The zero-order chi connectivity index (χ0) is 10.1. The van der Waals surface area contributed by atoms with E-state index in [0.717, 1.165) is 4.90 Å². The normalized spacial score (nSPS) is 30.3. The van der Waals surface area contributed by atoms with E-state index < -0.39 is 18.3 Å². The Morgan fingerprint density at radius 2 is 2.08 bits per heavy atom. The fraction of sp³-hybridized carbons (Fsp3) is 0.857. The van der Waals surface area contributed by atoms with Crippen molar-refractivity contribution < 1.29 is 23.1 Å². The number of alkyl halides is 3. The third-order valence-corrected chi connectivity index (χ3v) is 2.18. The van der Waals surface area contributed by atoms with E-state index in [9.17, 15) is 23.1 Å². The molecular weight excluding hydrogens is 187 g/mol. The minimum atomic E-state index is -4.66. The van der Waals surface area contributed by atoms with Crippen LogP contribution in [0.1, 0.15) is 12.8 Å². The van der Waals surface area contributed by atoms with Gasteiger partial charge in [-0.25, -0.2) is 0 Å². The van der Waals surface area contributed by atoms with Gasteiger partial charge >= 0.3 is 6.18 Å². The number of carbonyl (C=O) groups is 1. The lowest BCUT2D eigenvalue weighted by Gasteiger charge is -2.38. The van der Waals surface area contributed by atoms with Crippen molar-refractivity contribution in [1.29, 1.82) is 0 Å². The summed E-state index contributed by atoms with van der Waals surface area (Å²) >= 11 is 0. The highest BCUT2D eigenvalue weighted by Crippen LogP contribution is 2.36. The fourth-order valence-corrected chi connectivity index (χ4v) is 1.39. The van der Waals surface area contributed by atoms with Crippen LogP contribution in [-0.4, -0.2) is 41.3 Å². The Labute approximate surface area is 73.1 Å². The van der Waals surface area contributed by atoms with Crippen LogP contribution in [0.4, 0.5) is 13.2 Å². The molecule has 1 heterocycles. The molecule has 0 aliphatic carbocycles. The molecule has 1 unspecified atom stereocenters. The van der Waals surface area contributed by atoms with Gasteiger partial charge in [-0.2, -0.15) is 13.2 Å². The van der Waals surface area contributed by atoms with Crippen LogP contribution in [0.25, 0.3) is 0 Å². The standard InChI is InChI=1S/C7H10F3NO2/c8-7(9,10)6(13)2-1-3-11(4-6)5-12/h5,13H,1-4H2. The van der Waals surface area contributed by atoms with Crippen LogP contribution in [0, 0.1) is 0 Å². The number of halogens is 3. The highest BCUT2D eigenvalue weighted by molar-refractivity contribution is 5.47. The summed E-state index contributed by atoms with van der Waals surface area (Å²) in [6, 6.07) is 0. The van der Waals surface area contributed by atoms with Crippen molar-refractivity contribution >= 4 is 6.41 Å². The van der Waals surface area contributed by atoms with Gasteiger partial charge in [-0.3, -0.25) is 4.79 Å². The van der Waals surface area contributed by atoms with Crippen molar-refractivity contribution in [2.45, 2.75) is 24.6 Å². The molecule has 1 atom stereocenters. The second-order valence-corrected chi connectivity index (χ2v) is 3.21. The molecule has 0 bridgehead atoms. The van der Waals surface area contributed by atoms with Crippen LogP contribution in [0.3, 0.4) is 0 Å². The third kappa shape index (κ3) is 1.93. The van der Waals surface area contributed by atoms with Gasteiger partial charge in [0.05, 0.1) is 6.54 Å². The Morgan fingerprint density at radius 1 is 1.46 bits per heavy atom. The molecule has 1 fully saturated rings. The average molecular weight is 197 g/mol. The summed E-state index contributed by atoms with van der Waals surface area (Å²) in [6.45, 7) is -0.373. The molecule has 1 amide bonds. The molecule has 1 saturated heterocycles. The number of carbonyl (C=O) groups excluding carboxylic acids is 1. The monoisotopic (exact) mass is 197 g/mol. The molecule has 1 aliphatic rings. The molecule has 1 N–H and O–H groups in total. The third-order valence-electron chi connectivity index (χ3n) is 2.18. The first-order valence-corrected chi connectivity index (χ1v) is 3.87. The highest BCUT2D eigenvalue weighted by atomic mass is 19.4. The lowest BCUT2D eigenvalue weighted by molar-refractivity contribution is -0.271. The molecule has 6 heteroatoms. The molecule has 0 spiro atoms. The topological polar surface area (TPSA) is 40.5 Å². The largest absolute Gasteiger partial charge is 0.418 e. The molecule has 76 valence electrons. The van der Waals surface area contributed by atoms with Gasteiger partial charge in [0, 0.05) is 6.54 Å². The molecule has 1 rings (SSSR count). The summed E-state index contributed by atoms with van der Waals surface area (Å²) < 4.78 is 36.7. The molecule has 0 aromatic carbocycles. The van der Waals surface area contributed by atoms with Gasteiger partial charge in [0.2, 0.25) is 6.41 Å². The lowest BCUT2D eigenvalue weighted by atomic mass is 9.92. The van der Waals surface area contributed by atoms with Gasteiger partial charge in [0.25, 0.3) is 0 Å². The summed E-state index contributed by atoms with van der Waals surface area (Å²) in [4.78, 5) is 11.2. The minimum Gasteiger partial charge on any atom is -0.379 e. The predicted molar refractivity (Wildman–Crippen MR) is 37.9 cm³/mol. The smallest absolute Gasteiger partial charge is 0.379 e. The van der Waals surface area contributed by atoms with Crippen LogP contribution in [0.5, 0.6) is 0 Å². The van der Waals surface area contributed by atoms with E-state index in [1.807, 2.05) is 0 Å². The maximum absolute atomic E-state index is 12.2. The van der Waals surface area contributed by atoms with Crippen LogP contribution in [0.15, 0.2) is 0 Å². The van der Waals surface area contributed by atoms with Crippen LogP contribution < -0.4 is 0 Å². The number of hydrogen-bond donors (Lipinski definition) is 1. The summed E-state index contributed by atoms with van der Waals surface area (Å²) in [6.07, 6.45) is -4.49. The minimum absolute atomic E-state index is 0.175. The molecule has 13 heavy (non-hydrogen) atoms. The van der Waals surface area contributed by atoms with E-state index in [1.165, 1.54) is 0 Å². The molecule has 0 radical (unpaired) electrons. The molecule has 0 aromatic rings. The summed E-state index contributed by atoms with van der Waals surface area (Å²) in [5.41, 5.74) is -2.72. The second-order valence-electron chi connectivity index (χ2n) is 3.21. The molecule has 1 aliphatic heterocycles. The van der Waals surface area contributed by atoms with E-state index in [0.29, 0.717) is 6.41 Å². The Bertz CT molecular complexity index is 206. The average Bonchev–Trinajstić information content (AvgIpc) is 2.02. The Balaban J connectivity index is 2.73. The van der Waals surface area contributed by atoms with Crippen molar-refractivity contribution in [3.8, 4) is 0 Å². The van der Waals surface area contributed by atoms with Crippen LogP contribution in [-0.2, 0) is 4.79 Å². The van der Waals surface area contributed by atoms with Crippen molar-refractivity contribution in [1.82, 2.24) is 4.90 Å². The number of hydrogen-bond acceptors (Lipinski definition) is 2. The van der Waals surface area contributed by atoms with Gasteiger partial charge in [-0.15, -0.1) is 0 Å². The van der Waals surface area contributed by atoms with E-state index in [4.69, 9.17) is 0 Å². The van der Waals surface area contributed by atoms with Crippen LogP contribution in [0.2, 0.25) is 0 Å². The Hall–Kier alpha value is -0.780. The molecule has 3 nitrogen and oxygen atoms in total. The Morgan fingerprint density at radius 3 is 2.54 bits per heavy atom. The van der Waals surface area contributed by atoms with Crippen molar-refractivity contribution in [2.24, 2.45) is 0 Å². The quantitative estimate of drug-likeness (QED) is 0.623. The fourth-order valence-electron chi connectivity index (χ4n) is 1.39. The Kier molecular flexibility index (Phi) is 2.51. The van der Waals surface area contributed by atoms with Crippen LogP contribution >= 0.6 is 0 Å².